The molecule has 4 heteroatoms. The van der Waals surface area contributed by atoms with Gasteiger partial charge in [-0.2, -0.15) is 0 Å². The van der Waals surface area contributed by atoms with Crippen LogP contribution in [0.4, 0.5) is 0 Å². The van der Waals surface area contributed by atoms with Crippen LogP contribution in [0.3, 0.4) is 0 Å². The number of carbonyl (C=O) groups is 2. The van der Waals surface area contributed by atoms with Gasteiger partial charge in [-0.3, -0.25) is 9.59 Å². The molecular formula is C10H16N2O2. The molecule has 0 aromatic rings. The second kappa shape index (κ2) is 5.42. The van der Waals surface area contributed by atoms with Gasteiger partial charge in [-0.25, -0.2) is 0 Å². The Morgan fingerprint density at radius 3 is 2.36 bits per heavy atom. The van der Waals surface area contributed by atoms with E-state index in [0.29, 0.717) is 0 Å². The fourth-order valence-electron chi connectivity index (χ4n) is 1.65. The van der Waals surface area contributed by atoms with Gasteiger partial charge in [0.1, 0.15) is 0 Å². The van der Waals surface area contributed by atoms with Crippen molar-refractivity contribution in [1.82, 2.24) is 5.32 Å². The van der Waals surface area contributed by atoms with Crippen molar-refractivity contribution in [2.75, 3.05) is 0 Å². The molecule has 0 aromatic carbocycles. The fourth-order valence-corrected chi connectivity index (χ4v) is 1.65. The van der Waals surface area contributed by atoms with E-state index in [-0.39, 0.29) is 11.9 Å². The van der Waals surface area contributed by atoms with Crippen molar-refractivity contribution < 1.29 is 9.59 Å². The molecule has 0 radical (unpaired) electrons. The van der Waals surface area contributed by atoms with Crippen LogP contribution in [0, 0.1) is 0 Å². The highest BCUT2D eigenvalue weighted by Gasteiger charge is 2.13. The molecule has 0 atom stereocenters. The highest BCUT2D eigenvalue weighted by Crippen LogP contribution is 2.17. The van der Waals surface area contributed by atoms with E-state index in [1.807, 2.05) is 0 Å². The van der Waals surface area contributed by atoms with E-state index in [1.54, 1.807) is 0 Å². The minimum Gasteiger partial charge on any atom is -0.366 e. The quantitative estimate of drug-likeness (QED) is 0.644. The average Bonchev–Trinajstić information content (AvgIpc) is 2.16. The molecule has 0 heterocycles. The fraction of sp³-hybridized carbons (Fsp3) is 0.600. The van der Waals surface area contributed by atoms with Gasteiger partial charge >= 0.3 is 0 Å². The summed E-state index contributed by atoms with van der Waals surface area (Å²) in [5.74, 6) is -0.820. The average molecular weight is 196 g/mol. The Labute approximate surface area is 83.5 Å². The third kappa shape index (κ3) is 4.07. The van der Waals surface area contributed by atoms with Gasteiger partial charge in [0.05, 0.1) is 0 Å². The van der Waals surface area contributed by atoms with E-state index in [2.05, 4.69) is 5.32 Å². The SMILES string of the molecule is NC(=O)/C=C\C(=O)NC1CCCCC1. The zero-order chi connectivity index (χ0) is 10.4. The maximum atomic E-state index is 11.2. The molecule has 14 heavy (non-hydrogen) atoms. The lowest BCUT2D eigenvalue weighted by Crippen LogP contribution is -2.35. The zero-order valence-electron chi connectivity index (χ0n) is 8.16. The molecule has 1 aliphatic rings. The lowest BCUT2D eigenvalue weighted by atomic mass is 9.95. The molecule has 0 bridgehead atoms. The maximum absolute atomic E-state index is 11.2. The third-order valence-corrected chi connectivity index (χ3v) is 2.35. The molecule has 1 aliphatic carbocycles. The summed E-state index contributed by atoms with van der Waals surface area (Å²) in [6.07, 6.45) is 7.94. The Hall–Kier alpha value is -1.32. The number of carbonyl (C=O) groups excluding carboxylic acids is 2. The summed E-state index contributed by atoms with van der Waals surface area (Å²) in [4.78, 5) is 21.6. The van der Waals surface area contributed by atoms with Gasteiger partial charge in [-0.15, -0.1) is 0 Å². The van der Waals surface area contributed by atoms with Crippen molar-refractivity contribution in [1.29, 1.82) is 0 Å². The number of hydrogen-bond acceptors (Lipinski definition) is 2. The summed E-state index contributed by atoms with van der Waals surface area (Å²) in [5, 5.41) is 2.84. The summed E-state index contributed by atoms with van der Waals surface area (Å²) < 4.78 is 0. The number of rotatable bonds is 3. The Kier molecular flexibility index (Phi) is 4.16. The van der Waals surface area contributed by atoms with Crippen LogP contribution in [0.25, 0.3) is 0 Å². The summed E-state index contributed by atoms with van der Waals surface area (Å²) in [6.45, 7) is 0. The van der Waals surface area contributed by atoms with Crippen LogP contribution in [-0.4, -0.2) is 17.9 Å². The van der Waals surface area contributed by atoms with Crippen molar-refractivity contribution >= 4 is 11.8 Å². The first-order chi connectivity index (χ1) is 6.68. The highest BCUT2D eigenvalue weighted by atomic mass is 16.2. The predicted octanol–water partition coefficient (Wildman–Crippen LogP) is 0.477. The molecule has 0 saturated heterocycles. The van der Waals surface area contributed by atoms with Gasteiger partial charge in [0.15, 0.2) is 0 Å². The molecule has 78 valence electrons. The van der Waals surface area contributed by atoms with Gasteiger partial charge in [-0.1, -0.05) is 19.3 Å². The molecule has 1 saturated carbocycles. The number of hydrogen-bond donors (Lipinski definition) is 2. The Morgan fingerprint density at radius 2 is 1.79 bits per heavy atom. The Bertz CT molecular complexity index is 243. The lowest BCUT2D eigenvalue weighted by molar-refractivity contribution is -0.118. The van der Waals surface area contributed by atoms with Crippen LogP contribution in [-0.2, 0) is 9.59 Å². The summed E-state index contributed by atoms with van der Waals surface area (Å²) in [7, 11) is 0. The Balaban J connectivity index is 2.28. The van der Waals surface area contributed by atoms with Gasteiger partial charge < -0.3 is 11.1 Å². The zero-order valence-corrected chi connectivity index (χ0v) is 8.16. The molecule has 3 N–H and O–H groups in total. The van der Waals surface area contributed by atoms with Crippen molar-refractivity contribution in [3.63, 3.8) is 0 Å². The van der Waals surface area contributed by atoms with Crippen molar-refractivity contribution in [3.05, 3.63) is 12.2 Å². The first-order valence-corrected chi connectivity index (χ1v) is 4.96. The standard InChI is InChI=1S/C10H16N2O2/c11-9(13)6-7-10(14)12-8-4-2-1-3-5-8/h6-8H,1-5H2,(H2,11,13)(H,12,14)/b7-6-. The van der Waals surface area contributed by atoms with Crippen molar-refractivity contribution in [2.45, 2.75) is 38.1 Å². The van der Waals surface area contributed by atoms with Crippen LogP contribution in [0.15, 0.2) is 12.2 Å². The second-order valence-corrected chi connectivity index (χ2v) is 3.58. The summed E-state index contributed by atoms with van der Waals surface area (Å²) in [6, 6.07) is 0.272. The van der Waals surface area contributed by atoms with Crippen LogP contribution >= 0.6 is 0 Å². The highest BCUT2D eigenvalue weighted by molar-refractivity contribution is 5.96. The number of nitrogens with two attached hydrogens (primary N) is 1. The molecule has 0 spiro atoms. The van der Waals surface area contributed by atoms with Gasteiger partial charge in [0.25, 0.3) is 0 Å². The molecule has 0 aliphatic heterocycles. The largest absolute Gasteiger partial charge is 0.366 e. The van der Waals surface area contributed by atoms with E-state index in [1.165, 1.54) is 25.3 Å². The summed E-state index contributed by atoms with van der Waals surface area (Å²) in [5.41, 5.74) is 4.87. The monoisotopic (exact) mass is 196 g/mol. The number of primary amides is 1. The second-order valence-electron chi connectivity index (χ2n) is 3.58. The first-order valence-electron chi connectivity index (χ1n) is 4.96. The van der Waals surface area contributed by atoms with Crippen molar-refractivity contribution in [2.24, 2.45) is 5.73 Å². The van der Waals surface area contributed by atoms with Crippen LogP contribution in [0.2, 0.25) is 0 Å². The maximum Gasteiger partial charge on any atom is 0.244 e. The van der Waals surface area contributed by atoms with E-state index in [0.717, 1.165) is 18.9 Å². The molecular weight excluding hydrogens is 180 g/mol. The third-order valence-electron chi connectivity index (χ3n) is 2.35. The molecule has 1 fully saturated rings. The van der Waals surface area contributed by atoms with Crippen LogP contribution < -0.4 is 11.1 Å². The van der Waals surface area contributed by atoms with E-state index in [9.17, 15) is 9.59 Å². The van der Waals surface area contributed by atoms with E-state index < -0.39 is 5.91 Å². The van der Waals surface area contributed by atoms with Gasteiger partial charge in [0.2, 0.25) is 11.8 Å². The van der Waals surface area contributed by atoms with E-state index in [4.69, 9.17) is 5.73 Å². The smallest absolute Gasteiger partial charge is 0.244 e. The topological polar surface area (TPSA) is 72.2 Å². The molecule has 0 aromatic heterocycles. The number of amides is 2. The Morgan fingerprint density at radius 1 is 1.14 bits per heavy atom. The van der Waals surface area contributed by atoms with Crippen molar-refractivity contribution in [3.8, 4) is 0 Å². The van der Waals surface area contributed by atoms with Crippen LogP contribution in [0.1, 0.15) is 32.1 Å². The molecule has 1 rings (SSSR count). The first kappa shape index (κ1) is 10.8. The lowest BCUT2D eigenvalue weighted by Gasteiger charge is -2.21. The minimum absolute atomic E-state index is 0.226. The minimum atomic E-state index is -0.594. The number of nitrogens with one attached hydrogen (secondary N) is 1. The van der Waals surface area contributed by atoms with E-state index >= 15 is 0 Å². The summed E-state index contributed by atoms with van der Waals surface area (Å²) >= 11 is 0. The van der Waals surface area contributed by atoms with Gasteiger partial charge in [0, 0.05) is 18.2 Å². The van der Waals surface area contributed by atoms with Gasteiger partial charge in [-0.05, 0) is 12.8 Å². The molecule has 2 amide bonds. The molecule has 0 unspecified atom stereocenters. The molecule has 4 nitrogen and oxygen atoms in total. The van der Waals surface area contributed by atoms with Crippen LogP contribution in [0.5, 0.6) is 0 Å². The predicted molar refractivity (Wildman–Crippen MR) is 53.4 cm³/mol. The normalized spacial score (nSPS) is 18.3.